The molecule has 0 radical (unpaired) electrons. The Morgan fingerprint density at radius 3 is 2.89 bits per heavy atom. The van der Waals surface area contributed by atoms with Crippen molar-refractivity contribution in [2.24, 2.45) is 5.92 Å². The Balaban J connectivity index is 2.09. The molecule has 1 unspecified atom stereocenters. The maximum atomic E-state index is 12.1. The molecule has 102 valence electrons. The number of carbonyl (C=O) groups is 2. The molecule has 1 aromatic carbocycles. The molecule has 1 aliphatic heterocycles. The van der Waals surface area contributed by atoms with Gasteiger partial charge in [0.15, 0.2) is 5.12 Å². The monoisotopic (exact) mass is 278 g/mol. The summed E-state index contributed by atoms with van der Waals surface area (Å²) in [5, 5.41) is 0.106. The van der Waals surface area contributed by atoms with Gasteiger partial charge in [0.1, 0.15) is 0 Å². The number of hydrogen-bond acceptors (Lipinski definition) is 4. The first-order valence-corrected chi connectivity index (χ1v) is 7.26. The number of nitrogens with two attached hydrogens (primary N) is 1. The standard InChI is InChI=1S/C14H18N2O2S/c1-9-5-12(15)3-4-13(9)16-7-11(6-14(16)18)8-19-10(2)17/h3-5,11H,6-8,15H2,1-2H3. The number of nitrogens with zero attached hydrogens (tertiary/aromatic N) is 1. The van der Waals surface area contributed by atoms with Gasteiger partial charge in [-0.3, -0.25) is 9.59 Å². The molecule has 1 aliphatic rings. The van der Waals surface area contributed by atoms with E-state index in [1.807, 2.05) is 25.1 Å². The number of amides is 1. The molecule has 1 atom stereocenters. The highest BCUT2D eigenvalue weighted by atomic mass is 32.2. The first kappa shape index (κ1) is 13.9. The summed E-state index contributed by atoms with van der Waals surface area (Å²) in [6.07, 6.45) is 0.518. The van der Waals surface area contributed by atoms with Crippen LogP contribution in [0.3, 0.4) is 0 Å². The summed E-state index contributed by atoms with van der Waals surface area (Å²) in [4.78, 5) is 24.8. The summed E-state index contributed by atoms with van der Waals surface area (Å²) in [6, 6.07) is 5.58. The van der Waals surface area contributed by atoms with Crippen molar-refractivity contribution in [2.45, 2.75) is 20.3 Å². The number of hydrogen-bond donors (Lipinski definition) is 1. The summed E-state index contributed by atoms with van der Waals surface area (Å²) < 4.78 is 0. The molecule has 0 spiro atoms. The molecule has 1 amide bonds. The lowest BCUT2D eigenvalue weighted by Crippen LogP contribution is -2.25. The lowest BCUT2D eigenvalue weighted by Gasteiger charge is -2.19. The van der Waals surface area contributed by atoms with Crippen molar-refractivity contribution in [1.82, 2.24) is 0 Å². The number of nitrogen functional groups attached to an aromatic ring is 1. The van der Waals surface area contributed by atoms with Crippen LogP contribution < -0.4 is 10.6 Å². The van der Waals surface area contributed by atoms with Crippen LogP contribution in [0, 0.1) is 12.8 Å². The lowest BCUT2D eigenvalue weighted by molar-refractivity contribution is -0.117. The van der Waals surface area contributed by atoms with Crippen molar-refractivity contribution in [3.05, 3.63) is 23.8 Å². The first-order chi connectivity index (χ1) is 8.97. The summed E-state index contributed by atoms with van der Waals surface area (Å²) >= 11 is 1.30. The zero-order valence-electron chi connectivity index (χ0n) is 11.2. The Bertz CT molecular complexity index is 516. The summed E-state index contributed by atoms with van der Waals surface area (Å²) in [6.45, 7) is 4.20. The van der Waals surface area contributed by atoms with Crippen LogP contribution in [-0.2, 0) is 9.59 Å². The van der Waals surface area contributed by atoms with E-state index >= 15 is 0 Å². The van der Waals surface area contributed by atoms with Gasteiger partial charge in [-0.1, -0.05) is 11.8 Å². The zero-order chi connectivity index (χ0) is 14.0. The van der Waals surface area contributed by atoms with E-state index in [0.29, 0.717) is 24.4 Å². The minimum Gasteiger partial charge on any atom is -0.399 e. The third kappa shape index (κ3) is 3.29. The van der Waals surface area contributed by atoms with Crippen LogP contribution >= 0.6 is 11.8 Å². The van der Waals surface area contributed by atoms with Gasteiger partial charge in [0.05, 0.1) is 0 Å². The quantitative estimate of drug-likeness (QED) is 0.861. The number of benzene rings is 1. The van der Waals surface area contributed by atoms with Crippen LogP contribution in [0.5, 0.6) is 0 Å². The van der Waals surface area contributed by atoms with Gasteiger partial charge in [0, 0.05) is 37.0 Å². The fourth-order valence-corrected chi connectivity index (χ4v) is 3.04. The van der Waals surface area contributed by atoms with Crippen molar-refractivity contribution in [1.29, 1.82) is 0 Å². The highest BCUT2D eigenvalue weighted by molar-refractivity contribution is 8.13. The molecule has 5 heteroatoms. The van der Waals surface area contributed by atoms with E-state index < -0.39 is 0 Å². The molecule has 0 saturated carbocycles. The van der Waals surface area contributed by atoms with Gasteiger partial charge in [0.25, 0.3) is 0 Å². The first-order valence-electron chi connectivity index (χ1n) is 6.27. The van der Waals surface area contributed by atoms with E-state index in [-0.39, 0.29) is 16.9 Å². The van der Waals surface area contributed by atoms with Gasteiger partial charge in [-0.25, -0.2) is 0 Å². The average molecular weight is 278 g/mol. The maximum absolute atomic E-state index is 12.1. The number of aryl methyl sites for hydroxylation is 1. The van der Waals surface area contributed by atoms with Crippen LogP contribution in [0.2, 0.25) is 0 Å². The molecule has 1 fully saturated rings. The van der Waals surface area contributed by atoms with Crippen LogP contribution in [0.1, 0.15) is 18.9 Å². The molecule has 1 aromatic rings. The summed E-state index contributed by atoms with van der Waals surface area (Å²) in [5.74, 6) is 1.09. The second-order valence-electron chi connectivity index (χ2n) is 4.92. The Hall–Kier alpha value is -1.49. The highest BCUT2D eigenvalue weighted by Gasteiger charge is 2.31. The Kier molecular flexibility index (Phi) is 4.14. The second kappa shape index (κ2) is 5.65. The second-order valence-corrected chi connectivity index (χ2v) is 6.12. The molecule has 0 bridgehead atoms. The van der Waals surface area contributed by atoms with E-state index in [4.69, 9.17) is 5.73 Å². The van der Waals surface area contributed by atoms with E-state index in [0.717, 1.165) is 11.3 Å². The van der Waals surface area contributed by atoms with Crippen LogP contribution in [0.25, 0.3) is 0 Å². The third-order valence-electron chi connectivity index (χ3n) is 3.24. The maximum Gasteiger partial charge on any atom is 0.227 e. The fourth-order valence-electron chi connectivity index (χ4n) is 2.34. The molecular weight excluding hydrogens is 260 g/mol. The number of thioether (sulfide) groups is 1. The van der Waals surface area contributed by atoms with E-state index in [9.17, 15) is 9.59 Å². The number of rotatable bonds is 3. The molecule has 4 nitrogen and oxygen atoms in total. The van der Waals surface area contributed by atoms with E-state index in [1.54, 1.807) is 11.8 Å². The molecular formula is C14H18N2O2S. The van der Waals surface area contributed by atoms with Crippen molar-refractivity contribution < 1.29 is 9.59 Å². The Labute approximate surface area is 117 Å². The summed E-state index contributed by atoms with van der Waals surface area (Å²) in [7, 11) is 0. The number of carbonyl (C=O) groups excluding carboxylic acids is 2. The van der Waals surface area contributed by atoms with Crippen LogP contribution in [0.4, 0.5) is 11.4 Å². The smallest absolute Gasteiger partial charge is 0.227 e. The molecule has 1 saturated heterocycles. The summed E-state index contributed by atoms with van der Waals surface area (Å²) in [5.41, 5.74) is 8.36. The Morgan fingerprint density at radius 2 is 2.26 bits per heavy atom. The van der Waals surface area contributed by atoms with Gasteiger partial charge >= 0.3 is 0 Å². The minimum atomic E-state index is 0.106. The van der Waals surface area contributed by atoms with Crippen molar-refractivity contribution in [3.63, 3.8) is 0 Å². The molecule has 0 aliphatic carbocycles. The molecule has 1 heterocycles. The topological polar surface area (TPSA) is 63.4 Å². The van der Waals surface area contributed by atoms with E-state index in [1.165, 1.54) is 11.8 Å². The van der Waals surface area contributed by atoms with Crippen molar-refractivity contribution >= 4 is 34.2 Å². The molecule has 19 heavy (non-hydrogen) atoms. The predicted octanol–water partition coefficient (Wildman–Crippen LogP) is 2.21. The minimum absolute atomic E-state index is 0.106. The average Bonchev–Trinajstić information content (AvgIpc) is 2.68. The predicted molar refractivity (Wildman–Crippen MR) is 79.2 cm³/mol. The Morgan fingerprint density at radius 1 is 1.53 bits per heavy atom. The van der Waals surface area contributed by atoms with Gasteiger partial charge < -0.3 is 10.6 Å². The highest BCUT2D eigenvalue weighted by Crippen LogP contribution is 2.30. The fraction of sp³-hybridized carbons (Fsp3) is 0.429. The van der Waals surface area contributed by atoms with E-state index in [2.05, 4.69) is 0 Å². The van der Waals surface area contributed by atoms with Crippen molar-refractivity contribution in [2.75, 3.05) is 22.9 Å². The van der Waals surface area contributed by atoms with Crippen LogP contribution in [-0.4, -0.2) is 23.3 Å². The van der Waals surface area contributed by atoms with Crippen LogP contribution in [0.15, 0.2) is 18.2 Å². The van der Waals surface area contributed by atoms with Gasteiger partial charge in [-0.15, -0.1) is 0 Å². The molecule has 2 N–H and O–H groups in total. The molecule has 0 aromatic heterocycles. The van der Waals surface area contributed by atoms with Crippen molar-refractivity contribution in [3.8, 4) is 0 Å². The van der Waals surface area contributed by atoms with Gasteiger partial charge in [0.2, 0.25) is 5.91 Å². The lowest BCUT2D eigenvalue weighted by atomic mass is 10.1. The number of anilines is 2. The van der Waals surface area contributed by atoms with Gasteiger partial charge in [-0.05, 0) is 36.6 Å². The molecule has 2 rings (SSSR count). The zero-order valence-corrected chi connectivity index (χ0v) is 12.0. The SMILES string of the molecule is CC(=O)SCC1CC(=O)N(c2ccc(N)cc2C)C1. The third-order valence-corrected chi connectivity index (χ3v) is 4.28. The van der Waals surface area contributed by atoms with Gasteiger partial charge in [-0.2, -0.15) is 0 Å². The normalized spacial score (nSPS) is 18.9. The largest absolute Gasteiger partial charge is 0.399 e.